The second-order valence-corrected chi connectivity index (χ2v) is 7.73. The molecule has 0 atom stereocenters. The van der Waals surface area contributed by atoms with Gasteiger partial charge in [0, 0.05) is 39.4 Å². The van der Waals surface area contributed by atoms with Gasteiger partial charge in [-0.3, -0.25) is 33.6 Å². The summed E-state index contributed by atoms with van der Waals surface area (Å²) in [5, 5.41) is 0. The number of hydrogen-bond donors (Lipinski definition) is 2. The van der Waals surface area contributed by atoms with Crippen molar-refractivity contribution >= 4 is 29.2 Å². The van der Waals surface area contributed by atoms with Gasteiger partial charge in [0.05, 0.1) is 11.1 Å². The Labute approximate surface area is 189 Å². The Hall–Kier alpha value is -3.73. The van der Waals surface area contributed by atoms with Crippen LogP contribution in [0.1, 0.15) is 57.3 Å². The summed E-state index contributed by atoms with van der Waals surface area (Å²) < 4.78 is 6.18. The Kier molecular flexibility index (Phi) is 7.12. The first-order valence-corrected chi connectivity index (χ1v) is 10.6. The number of nitrogens with one attached hydrogen (secondary N) is 1. The summed E-state index contributed by atoms with van der Waals surface area (Å²) in [5.74, 6) is -1.66. The van der Waals surface area contributed by atoms with Gasteiger partial charge in [0.25, 0.3) is 23.3 Å². The number of unbranched alkanes of at least 4 members (excludes halogenated alkanes) is 1. The molecule has 0 aliphatic carbocycles. The Balaban J connectivity index is 1.92. The number of aromatic nitrogens is 2. The van der Waals surface area contributed by atoms with Gasteiger partial charge in [0.1, 0.15) is 5.82 Å². The van der Waals surface area contributed by atoms with Gasteiger partial charge in [-0.1, -0.05) is 13.3 Å². The lowest BCUT2D eigenvalue weighted by Crippen LogP contribution is -2.39. The Morgan fingerprint density at radius 3 is 2.45 bits per heavy atom. The van der Waals surface area contributed by atoms with Crippen LogP contribution in [0.5, 0.6) is 0 Å². The maximum atomic E-state index is 13.1. The van der Waals surface area contributed by atoms with Crippen LogP contribution >= 0.6 is 0 Å². The number of carbonyl (C=O) groups excluding carboxylic acids is 3. The van der Waals surface area contributed by atoms with Crippen LogP contribution in [0.2, 0.25) is 0 Å². The van der Waals surface area contributed by atoms with Gasteiger partial charge in [-0.05, 0) is 31.0 Å². The SMILES string of the molecule is CCCCn1c(N)c(N(C)C(=O)c2ccc3c(c2)C(=O)N(CCCOC)C3=O)c(=O)[nH]c1=O. The first kappa shape index (κ1) is 23.9. The van der Waals surface area contributed by atoms with Crippen LogP contribution < -0.4 is 21.9 Å². The van der Waals surface area contributed by atoms with Crippen molar-refractivity contribution in [2.45, 2.75) is 32.7 Å². The number of nitrogen functional groups attached to an aromatic ring is 1. The Morgan fingerprint density at radius 2 is 1.79 bits per heavy atom. The van der Waals surface area contributed by atoms with E-state index in [1.165, 1.54) is 36.9 Å². The summed E-state index contributed by atoms with van der Waals surface area (Å²) in [6.45, 7) is 2.84. The molecule has 3 amide bonds. The predicted molar refractivity (Wildman–Crippen MR) is 122 cm³/mol. The molecule has 0 radical (unpaired) electrons. The van der Waals surface area contributed by atoms with E-state index in [-0.39, 0.29) is 34.7 Å². The standard InChI is InChI=1S/C22H27N5O6/c1-4-5-9-26-17(23)16(18(28)24-22(26)32)25(2)19(29)13-7-8-14-15(12-13)21(31)27(20(14)30)10-6-11-33-3/h7-8,12H,4-6,9-11,23H2,1-3H3,(H,24,28,32). The number of rotatable bonds is 9. The average Bonchev–Trinajstić information content (AvgIpc) is 3.02. The molecule has 2 heterocycles. The highest BCUT2D eigenvalue weighted by atomic mass is 16.5. The van der Waals surface area contributed by atoms with Crippen molar-refractivity contribution in [3.63, 3.8) is 0 Å². The van der Waals surface area contributed by atoms with Crippen LogP contribution in [0.25, 0.3) is 0 Å². The number of anilines is 2. The number of methoxy groups -OCH3 is 1. The number of fused-ring (bicyclic) bond motifs is 1. The molecule has 176 valence electrons. The quantitative estimate of drug-likeness (QED) is 0.418. The first-order valence-electron chi connectivity index (χ1n) is 10.6. The van der Waals surface area contributed by atoms with Gasteiger partial charge in [0.2, 0.25) is 0 Å². The number of hydrogen-bond acceptors (Lipinski definition) is 7. The molecule has 11 heteroatoms. The molecular weight excluding hydrogens is 430 g/mol. The lowest BCUT2D eigenvalue weighted by Gasteiger charge is -2.20. The number of nitrogens with zero attached hydrogens (tertiary/aromatic N) is 3. The van der Waals surface area contributed by atoms with E-state index in [2.05, 4.69) is 4.98 Å². The smallest absolute Gasteiger partial charge is 0.330 e. The Morgan fingerprint density at radius 1 is 1.09 bits per heavy atom. The van der Waals surface area contributed by atoms with Gasteiger partial charge < -0.3 is 15.4 Å². The molecule has 2 aromatic rings. The van der Waals surface area contributed by atoms with E-state index < -0.39 is 29.0 Å². The van der Waals surface area contributed by atoms with E-state index >= 15 is 0 Å². The fraction of sp³-hybridized carbons (Fsp3) is 0.409. The number of amides is 3. The number of H-pyrrole nitrogens is 1. The molecule has 1 aromatic heterocycles. The third-order valence-electron chi connectivity index (χ3n) is 5.54. The molecule has 33 heavy (non-hydrogen) atoms. The molecule has 0 fully saturated rings. The van der Waals surface area contributed by atoms with Gasteiger partial charge in [-0.25, -0.2) is 4.79 Å². The monoisotopic (exact) mass is 457 g/mol. The van der Waals surface area contributed by atoms with Crippen molar-refractivity contribution in [2.24, 2.45) is 0 Å². The van der Waals surface area contributed by atoms with Crippen LogP contribution in [0.15, 0.2) is 27.8 Å². The van der Waals surface area contributed by atoms with Crippen molar-refractivity contribution in [3.8, 4) is 0 Å². The molecule has 3 rings (SSSR count). The highest BCUT2D eigenvalue weighted by Gasteiger charge is 2.36. The normalized spacial score (nSPS) is 12.9. The number of benzene rings is 1. The van der Waals surface area contributed by atoms with Crippen LogP contribution in [0.3, 0.4) is 0 Å². The van der Waals surface area contributed by atoms with Crippen LogP contribution in [0.4, 0.5) is 11.5 Å². The first-order chi connectivity index (χ1) is 15.7. The van der Waals surface area contributed by atoms with E-state index in [0.717, 1.165) is 16.2 Å². The summed E-state index contributed by atoms with van der Waals surface area (Å²) in [6.07, 6.45) is 1.96. The van der Waals surface area contributed by atoms with E-state index in [1.54, 1.807) is 0 Å². The molecule has 0 saturated heterocycles. The van der Waals surface area contributed by atoms with Crippen molar-refractivity contribution < 1.29 is 19.1 Å². The van der Waals surface area contributed by atoms with Gasteiger partial charge in [-0.15, -0.1) is 0 Å². The fourth-order valence-corrected chi connectivity index (χ4v) is 3.73. The molecule has 3 N–H and O–H groups in total. The minimum absolute atomic E-state index is 0.0984. The fourth-order valence-electron chi connectivity index (χ4n) is 3.73. The van der Waals surface area contributed by atoms with Crippen LogP contribution in [-0.2, 0) is 11.3 Å². The number of aromatic amines is 1. The largest absolute Gasteiger partial charge is 0.385 e. The lowest BCUT2D eigenvalue weighted by molar-refractivity contribution is 0.0638. The average molecular weight is 457 g/mol. The summed E-state index contributed by atoms with van der Waals surface area (Å²) in [6, 6.07) is 4.17. The minimum atomic E-state index is -0.794. The molecule has 1 aliphatic heterocycles. The molecule has 11 nitrogen and oxygen atoms in total. The highest BCUT2D eigenvalue weighted by molar-refractivity contribution is 6.22. The summed E-state index contributed by atoms with van der Waals surface area (Å²) in [5.41, 5.74) is 4.90. The lowest BCUT2D eigenvalue weighted by atomic mass is 10.0. The van der Waals surface area contributed by atoms with Crippen molar-refractivity contribution in [3.05, 3.63) is 55.7 Å². The van der Waals surface area contributed by atoms with Crippen LogP contribution in [-0.4, -0.2) is 59.5 Å². The molecule has 0 spiro atoms. The summed E-state index contributed by atoms with van der Waals surface area (Å²) in [7, 11) is 2.89. The zero-order valence-electron chi connectivity index (χ0n) is 18.8. The maximum absolute atomic E-state index is 13.1. The molecular formula is C22H27N5O6. The van der Waals surface area contributed by atoms with Crippen molar-refractivity contribution in [2.75, 3.05) is 37.9 Å². The zero-order chi connectivity index (χ0) is 24.3. The topological polar surface area (TPSA) is 148 Å². The third-order valence-corrected chi connectivity index (χ3v) is 5.54. The van der Waals surface area contributed by atoms with Gasteiger partial charge in [-0.2, -0.15) is 0 Å². The predicted octanol–water partition coefficient (Wildman–Crippen LogP) is 0.828. The van der Waals surface area contributed by atoms with Gasteiger partial charge >= 0.3 is 5.69 Å². The molecule has 1 aromatic carbocycles. The molecule has 1 aliphatic rings. The van der Waals surface area contributed by atoms with E-state index in [1.807, 2.05) is 6.92 Å². The van der Waals surface area contributed by atoms with Gasteiger partial charge in [0.15, 0.2) is 5.69 Å². The van der Waals surface area contributed by atoms with E-state index in [9.17, 15) is 24.0 Å². The van der Waals surface area contributed by atoms with Crippen molar-refractivity contribution in [1.82, 2.24) is 14.5 Å². The van der Waals surface area contributed by atoms with E-state index in [4.69, 9.17) is 10.5 Å². The number of nitrogens with two attached hydrogens (primary N) is 1. The maximum Gasteiger partial charge on any atom is 0.330 e. The number of imide groups is 1. The van der Waals surface area contributed by atoms with E-state index in [0.29, 0.717) is 26.0 Å². The second-order valence-electron chi connectivity index (χ2n) is 7.73. The Bertz CT molecular complexity index is 1210. The number of ether oxygens (including phenoxy) is 1. The third kappa shape index (κ3) is 4.44. The summed E-state index contributed by atoms with van der Waals surface area (Å²) >= 11 is 0. The van der Waals surface area contributed by atoms with Crippen molar-refractivity contribution in [1.29, 1.82) is 0 Å². The molecule has 0 bridgehead atoms. The zero-order valence-corrected chi connectivity index (χ0v) is 18.8. The molecule has 0 saturated carbocycles. The molecule has 0 unspecified atom stereocenters. The van der Waals surface area contributed by atoms with Crippen LogP contribution in [0, 0.1) is 0 Å². The summed E-state index contributed by atoms with van der Waals surface area (Å²) in [4.78, 5) is 67.4. The number of carbonyl (C=O) groups is 3. The minimum Gasteiger partial charge on any atom is -0.385 e. The highest BCUT2D eigenvalue weighted by Crippen LogP contribution is 2.26. The second kappa shape index (κ2) is 9.82.